The predicted octanol–water partition coefficient (Wildman–Crippen LogP) is 1.34. The first-order chi connectivity index (χ1) is 9.59. The molecule has 1 amide bonds. The van der Waals surface area contributed by atoms with Crippen molar-refractivity contribution >= 4 is 23.6 Å². The Hall–Kier alpha value is -1.53. The predicted molar refractivity (Wildman–Crippen MR) is 75.7 cm³/mol. The molecule has 1 aliphatic rings. The Kier molecular flexibility index (Phi) is 5.03. The number of amides is 1. The van der Waals surface area contributed by atoms with Gasteiger partial charge in [0.25, 0.3) is 0 Å². The van der Waals surface area contributed by atoms with Gasteiger partial charge in [-0.3, -0.25) is 9.59 Å². The first-order valence-corrected chi connectivity index (χ1v) is 7.32. The summed E-state index contributed by atoms with van der Waals surface area (Å²) in [6.45, 7) is 0.457. The Morgan fingerprint density at radius 1 is 1.35 bits per heavy atom. The van der Waals surface area contributed by atoms with Crippen LogP contribution in [0.2, 0.25) is 0 Å². The second kappa shape index (κ2) is 6.76. The lowest BCUT2D eigenvalue weighted by molar-refractivity contribution is -0.144. The molecule has 1 saturated heterocycles. The summed E-state index contributed by atoms with van der Waals surface area (Å²) in [6, 6.07) is 9.26. The maximum atomic E-state index is 12.1. The van der Waals surface area contributed by atoms with E-state index in [-0.39, 0.29) is 25.2 Å². The number of carboxylic acids is 1. The van der Waals surface area contributed by atoms with E-state index in [9.17, 15) is 9.59 Å². The number of hydrogen-bond donors (Lipinski definition) is 1. The first-order valence-electron chi connectivity index (χ1n) is 6.33. The van der Waals surface area contributed by atoms with E-state index in [0.29, 0.717) is 5.75 Å². The van der Waals surface area contributed by atoms with Gasteiger partial charge in [-0.15, -0.1) is 11.8 Å². The maximum absolute atomic E-state index is 12.1. The van der Waals surface area contributed by atoms with Gasteiger partial charge in [-0.05, 0) is 12.1 Å². The number of benzene rings is 1. The van der Waals surface area contributed by atoms with Crippen molar-refractivity contribution in [1.82, 2.24) is 4.90 Å². The molecule has 2 atom stereocenters. The van der Waals surface area contributed by atoms with Gasteiger partial charge in [-0.1, -0.05) is 18.2 Å². The Bertz CT molecular complexity index is 479. The topological polar surface area (TPSA) is 66.8 Å². The van der Waals surface area contributed by atoms with Crippen LogP contribution in [-0.2, 0) is 14.3 Å². The number of hydrogen-bond acceptors (Lipinski definition) is 4. The van der Waals surface area contributed by atoms with E-state index < -0.39 is 11.9 Å². The molecule has 20 heavy (non-hydrogen) atoms. The summed E-state index contributed by atoms with van der Waals surface area (Å²) in [5.74, 6) is -1.34. The van der Waals surface area contributed by atoms with Gasteiger partial charge >= 0.3 is 5.97 Å². The van der Waals surface area contributed by atoms with Crippen LogP contribution in [0, 0.1) is 5.92 Å². The molecular weight excluding hydrogens is 278 g/mol. The molecule has 0 radical (unpaired) electrons. The van der Waals surface area contributed by atoms with Gasteiger partial charge < -0.3 is 14.7 Å². The van der Waals surface area contributed by atoms with E-state index in [4.69, 9.17) is 9.84 Å². The number of nitrogens with zero attached hydrogens (tertiary/aromatic N) is 1. The summed E-state index contributed by atoms with van der Waals surface area (Å²) in [7, 11) is 1.64. The first kappa shape index (κ1) is 14.9. The van der Waals surface area contributed by atoms with Crippen LogP contribution in [0.1, 0.15) is 0 Å². The van der Waals surface area contributed by atoms with E-state index in [1.54, 1.807) is 7.05 Å². The van der Waals surface area contributed by atoms with Gasteiger partial charge in [0.05, 0.1) is 25.0 Å². The lowest BCUT2D eigenvalue weighted by Gasteiger charge is -2.26. The van der Waals surface area contributed by atoms with Crippen LogP contribution in [0.4, 0.5) is 0 Å². The van der Waals surface area contributed by atoms with Crippen LogP contribution in [0.3, 0.4) is 0 Å². The molecule has 1 fully saturated rings. The molecule has 1 aromatic carbocycles. The van der Waals surface area contributed by atoms with Crippen molar-refractivity contribution in [3.63, 3.8) is 0 Å². The lowest BCUT2D eigenvalue weighted by Crippen LogP contribution is -2.44. The molecule has 0 saturated carbocycles. The number of carbonyl (C=O) groups excluding carboxylic acids is 1. The van der Waals surface area contributed by atoms with Crippen LogP contribution < -0.4 is 0 Å². The lowest BCUT2D eigenvalue weighted by atomic mass is 10.0. The number of carboxylic acid groups (broad SMARTS) is 1. The molecule has 5 nitrogen and oxygen atoms in total. The highest BCUT2D eigenvalue weighted by Gasteiger charge is 2.38. The van der Waals surface area contributed by atoms with Crippen molar-refractivity contribution < 1.29 is 19.4 Å². The van der Waals surface area contributed by atoms with Gasteiger partial charge in [-0.25, -0.2) is 0 Å². The molecule has 6 heteroatoms. The van der Waals surface area contributed by atoms with Crippen LogP contribution in [0.5, 0.6) is 0 Å². The van der Waals surface area contributed by atoms with Crippen LogP contribution >= 0.6 is 11.8 Å². The minimum atomic E-state index is -0.914. The van der Waals surface area contributed by atoms with Gasteiger partial charge in [0, 0.05) is 11.9 Å². The van der Waals surface area contributed by atoms with Gasteiger partial charge in [0.15, 0.2) is 0 Å². The highest BCUT2D eigenvalue weighted by Crippen LogP contribution is 2.22. The highest BCUT2D eigenvalue weighted by atomic mass is 32.2. The summed E-state index contributed by atoms with van der Waals surface area (Å²) in [5, 5.41) is 9.10. The third kappa shape index (κ3) is 3.52. The fourth-order valence-corrected chi connectivity index (χ4v) is 2.95. The summed E-state index contributed by atoms with van der Waals surface area (Å²) in [5.41, 5.74) is 0. The highest BCUT2D eigenvalue weighted by molar-refractivity contribution is 8.00. The normalized spacial score (nSPS) is 21.6. The molecule has 0 aromatic heterocycles. The van der Waals surface area contributed by atoms with Crippen LogP contribution in [0.25, 0.3) is 0 Å². The summed E-state index contributed by atoms with van der Waals surface area (Å²) in [4.78, 5) is 25.7. The Morgan fingerprint density at radius 3 is 2.70 bits per heavy atom. The van der Waals surface area contributed by atoms with E-state index in [1.165, 1.54) is 16.7 Å². The molecule has 1 heterocycles. The molecule has 0 aliphatic carbocycles. The SMILES string of the molecule is CN(C(=O)CSc1ccccc1)C1COCC1C(=O)O. The van der Waals surface area contributed by atoms with Crippen LogP contribution in [0.15, 0.2) is 35.2 Å². The monoisotopic (exact) mass is 295 g/mol. The summed E-state index contributed by atoms with van der Waals surface area (Å²) < 4.78 is 5.18. The standard InChI is InChI=1S/C14H17NO4S/c1-15(12-8-19-7-11(12)14(17)18)13(16)9-20-10-5-3-2-4-6-10/h2-6,11-12H,7-9H2,1H3,(H,17,18). The molecule has 108 valence electrons. The third-order valence-corrected chi connectivity index (χ3v) is 4.36. The largest absolute Gasteiger partial charge is 0.481 e. The van der Waals surface area contributed by atoms with Gasteiger partial charge in [-0.2, -0.15) is 0 Å². The molecule has 1 aromatic rings. The zero-order valence-corrected chi connectivity index (χ0v) is 12.0. The molecule has 0 spiro atoms. The number of thioether (sulfide) groups is 1. The average molecular weight is 295 g/mol. The molecule has 2 rings (SSSR count). The minimum Gasteiger partial charge on any atom is -0.481 e. The number of ether oxygens (including phenoxy) is 1. The molecular formula is C14H17NO4S. The van der Waals surface area contributed by atoms with E-state index in [0.717, 1.165) is 4.90 Å². The fraction of sp³-hybridized carbons (Fsp3) is 0.429. The van der Waals surface area contributed by atoms with Crippen molar-refractivity contribution in [2.45, 2.75) is 10.9 Å². The molecule has 1 aliphatic heterocycles. The zero-order chi connectivity index (χ0) is 14.5. The Morgan fingerprint density at radius 2 is 2.05 bits per heavy atom. The second-order valence-electron chi connectivity index (χ2n) is 4.66. The molecule has 0 bridgehead atoms. The second-order valence-corrected chi connectivity index (χ2v) is 5.70. The van der Waals surface area contributed by atoms with Crippen molar-refractivity contribution in [1.29, 1.82) is 0 Å². The average Bonchev–Trinajstić information content (AvgIpc) is 2.94. The van der Waals surface area contributed by atoms with E-state index >= 15 is 0 Å². The zero-order valence-electron chi connectivity index (χ0n) is 11.2. The summed E-state index contributed by atoms with van der Waals surface area (Å²) in [6.07, 6.45) is 0. The fourth-order valence-electron chi connectivity index (χ4n) is 2.11. The van der Waals surface area contributed by atoms with Crippen LogP contribution in [-0.4, -0.2) is 53.9 Å². The van der Waals surface area contributed by atoms with Crippen molar-refractivity contribution in [2.24, 2.45) is 5.92 Å². The van der Waals surface area contributed by atoms with E-state index in [2.05, 4.69) is 0 Å². The van der Waals surface area contributed by atoms with Crippen molar-refractivity contribution in [2.75, 3.05) is 26.0 Å². The quantitative estimate of drug-likeness (QED) is 0.830. The maximum Gasteiger partial charge on any atom is 0.311 e. The molecule has 1 N–H and O–H groups in total. The number of aliphatic carboxylic acids is 1. The number of carbonyl (C=O) groups is 2. The smallest absolute Gasteiger partial charge is 0.311 e. The third-order valence-electron chi connectivity index (χ3n) is 3.36. The van der Waals surface area contributed by atoms with E-state index in [1.807, 2.05) is 30.3 Å². The summed E-state index contributed by atoms with van der Waals surface area (Å²) >= 11 is 1.45. The van der Waals surface area contributed by atoms with Gasteiger partial charge in [0.1, 0.15) is 5.92 Å². The molecule has 2 unspecified atom stereocenters. The number of rotatable bonds is 5. The number of likely N-dealkylation sites (N-methyl/N-ethyl adjacent to an activating group) is 1. The Balaban J connectivity index is 1.90. The van der Waals surface area contributed by atoms with Gasteiger partial charge in [0.2, 0.25) is 5.91 Å². The Labute approximate surface area is 121 Å². The van der Waals surface area contributed by atoms with Crippen molar-refractivity contribution in [3.05, 3.63) is 30.3 Å². The van der Waals surface area contributed by atoms with Crippen molar-refractivity contribution in [3.8, 4) is 0 Å². The minimum absolute atomic E-state index is 0.0828.